The van der Waals surface area contributed by atoms with E-state index in [1.807, 2.05) is 42.5 Å². The van der Waals surface area contributed by atoms with Crippen molar-refractivity contribution in [3.63, 3.8) is 0 Å². The number of carbonyl (C=O) groups is 3. The lowest BCUT2D eigenvalue weighted by Gasteiger charge is -2.28. The molecular weight excluding hydrogens is 538 g/mol. The Bertz CT molecular complexity index is 1680. The fourth-order valence-corrected chi connectivity index (χ4v) is 7.08. The Morgan fingerprint density at radius 2 is 1.71 bits per heavy atom. The molecular formula is C32H31N3O5S. The van der Waals surface area contributed by atoms with Gasteiger partial charge in [-0.15, -0.1) is 11.3 Å². The van der Waals surface area contributed by atoms with E-state index >= 15 is 0 Å². The first-order valence-electron chi connectivity index (χ1n) is 14.0. The highest BCUT2D eigenvalue weighted by Crippen LogP contribution is 2.45. The average molecular weight is 570 g/mol. The molecule has 8 nitrogen and oxygen atoms in total. The van der Waals surface area contributed by atoms with Gasteiger partial charge in [0, 0.05) is 41.0 Å². The third-order valence-corrected chi connectivity index (χ3v) is 8.94. The van der Waals surface area contributed by atoms with Crippen molar-refractivity contribution in [2.75, 3.05) is 31.6 Å². The molecule has 0 radical (unpaired) electrons. The number of amides is 1. The number of aromatic nitrogens is 1. The number of nitrogens with zero attached hydrogens (tertiary/aromatic N) is 2. The number of rotatable bonds is 7. The van der Waals surface area contributed by atoms with Gasteiger partial charge in [-0.2, -0.15) is 0 Å². The van der Waals surface area contributed by atoms with Gasteiger partial charge in [0.25, 0.3) is 5.91 Å². The second kappa shape index (κ2) is 11.4. The molecule has 2 aromatic heterocycles. The molecule has 0 saturated carbocycles. The zero-order valence-corrected chi connectivity index (χ0v) is 23.9. The van der Waals surface area contributed by atoms with Crippen LogP contribution in [0.1, 0.15) is 56.9 Å². The Morgan fingerprint density at radius 3 is 2.54 bits per heavy atom. The topological polar surface area (TPSA) is 97.8 Å². The minimum Gasteiger partial charge on any atom is -0.462 e. The minimum atomic E-state index is -0.557. The molecule has 9 heteroatoms. The maximum Gasteiger partial charge on any atom is 0.341 e. The van der Waals surface area contributed by atoms with E-state index in [0.717, 1.165) is 58.7 Å². The Kier molecular flexibility index (Phi) is 7.55. The fraction of sp³-hybridized carbons (Fsp3) is 0.312. The summed E-state index contributed by atoms with van der Waals surface area (Å²) in [6, 6.07) is 15.6. The summed E-state index contributed by atoms with van der Waals surface area (Å²) in [7, 11) is 0. The molecule has 3 heterocycles. The molecule has 0 bridgehead atoms. The van der Waals surface area contributed by atoms with Crippen molar-refractivity contribution in [3.8, 4) is 10.4 Å². The summed E-state index contributed by atoms with van der Waals surface area (Å²) in [6.45, 7) is 5.93. The number of hydrogen-bond acceptors (Lipinski definition) is 8. The van der Waals surface area contributed by atoms with Crippen LogP contribution in [-0.4, -0.2) is 54.0 Å². The summed E-state index contributed by atoms with van der Waals surface area (Å²) < 4.78 is 11.0. The van der Waals surface area contributed by atoms with Crippen molar-refractivity contribution >= 4 is 45.1 Å². The third-order valence-electron chi connectivity index (χ3n) is 7.76. The molecule has 1 amide bonds. The van der Waals surface area contributed by atoms with Gasteiger partial charge in [0.1, 0.15) is 5.00 Å². The van der Waals surface area contributed by atoms with Gasteiger partial charge in [0.2, 0.25) is 0 Å². The molecule has 2 aliphatic rings. The molecule has 0 unspecified atom stereocenters. The van der Waals surface area contributed by atoms with Crippen LogP contribution in [0.15, 0.2) is 48.5 Å². The quantitative estimate of drug-likeness (QED) is 0.297. The molecule has 0 saturated heterocycles. The summed E-state index contributed by atoms with van der Waals surface area (Å²) in [5.74, 6) is -1.54. The van der Waals surface area contributed by atoms with Crippen LogP contribution in [0.3, 0.4) is 0 Å². The maximum atomic E-state index is 13.5. The standard InChI is InChI=1S/C32H31N3O5S/c1-3-35-16-15-25-23(17-35)27(21-11-7-8-12-24(21)33-25)31(37)40-18-26(36)34-30-28(32(38)39-4-2)22-14-13-19-9-5-6-10-20(19)29(22)41-30/h5-12H,3-4,13-18H2,1-2H3,(H,34,36). The molecule has 0 atom stereocenters. The Hall–Kier alpha value is -4.08. The fourth-order valence-electron chi connectivity index (χ4n) is 5.76. The Morgan fingerprint density at radius 1 is 0.927 bits per heavy atom. The number of para-hydroxylation sites is 1. The molecule has 4 aromatic rings. The summed E-state index contributed by atoms with van der Waals surface area (Å²) in [5, 5.41) is 3.97. The lowest BCUT2D eigenvalue weighted by Crippen LogP contribution is -2.32. The first kappa shape index (κ1) is 27.1. The monoisotopic (exact) mass is 569 g/mol. The van der Waals surface area contributed by atoms with Gasteiger partial charge in [-0.1, -0.05) is 49.4 Å². The molecule has 0 fully saturated rings. The van der Waals surface area contributed by atoms with E-state index in [1.54, 1.807) is 6.92 Å². The van der Waals surface area contributed by atoms with Gasteiger partial charge in [0.15, 0.2) is 6.61 Å². The highest BCUT2D eigenvalue weighted by atomic mass is 32.1. The van der Waals surface area contributed by atoms with E-state index in [4.69, 9.17) is 14.5 Å². The van der Waals surface area contributed by atoms with Crippen LogP contribution in [-0.2, 0) is 40.1 Å². The highest BCUT2D eigenvalue weighted by molar-refractivity contribution is 7.20. The molecule has 2 aromatic carbocycles. The largest absolute Gasteiger partial charge is 0.462 e. The van der Waals surface area contributed by atoms with Crippen LogP contribution >= 0.6 is 11.3 Å². The second-order valence-corrected chi connectivity index (χ2v) is 11.2. The number of hydrogen-bond donors (Lipinski definition) is 1. The first-order valence-corrected chi connectivity index (χ1v) is 14.8. The van der Waals surface area contributed by atoms with Crippen LogP contribution in [0.5, 0.6) is 0 Å². The van der Waals surface area contributed by atoms with E-state index in [2.05, 4.69) is 23.2 Å². The van der Waals surface area contributed by atoms with Crippen molar-refractivity contribution in [1.82, 2.24) is 9.88 Å². The van der Waals surface area contributed by atoms with Crippen molar-refractivity contribution in [2.45, 2.75) is 39.7 Å². The molecule has 1 aliphatic heterocycles. The van der Waals surface area contributed by atoms with Crippen LogP contribution in [0.4, 0.5) is 5.00 Å². The zero-order valence-electron chi connectivity index (χ0n) is 23.1. The molecule has 1 N–H and O–H groups in total. The van der Waals surface area contributed by atoms with Crippen molar-refractivity contribution < 1.29 is 23.9 Å². The van der Waals surface area contributed by atoms with Crippen molar-refractivity contribution in [2.24, 2.45) is 0 Å². The van der Waals surface area contributed by atoms with E-state index in [-0.39, 0.29) is 6.61 Å². The van der Waals surface area contributed by atoms with Crippen molar-refractivity contribution in [1.29, 1.82) is 0 Å². The minimum absolute atomic E-state index is 0.227. The van der Waals surface area contributed by atoms with Gasteiger partial charge in [-0.05, 0) is 49.1 Å². The van der Waals surface area contributed by atoms with Crippen LogP contribution in [0.25, 0.3) is 21.3 Å². The molecule has 41 heavy (non-hydrogen) atoms. The lowest BCUT2D eigenvalue weighted by atomic mass is 9.89. The Labute approximate surface area is 242 Å². The highest BCUT2D eigenvalue weighted by Gasteiger charge is 2.30. The normalized spacial score (nSPS) is 14.1. The van der Waals surface area contributed by atoms with Crippen molar-refractivity contribution in [3.05, 3.63) is 82.0 Å². The number of anilines is 1. The van der Waals surface area contributed by atoms with Crippen LogP contribution < -0.4 is 5.32 Å². The smallest absolute Gasteiger partial charge is 0.341 e. The summed E-state index contributed by atoms with van der Waals surface area (Å²) in [5.41, 5.74) is 6.49. The van der Waals surface area contributed by atoms with Gasteiger partial charge in [0.05, 0.1) is 23.3 Å². The number of carbonyl (C=O) groups excluding carboxylic acids is 3. The van der Waals surface area contributed by atoms with Crippen LogP contribution in [0.2, 0.25) is 0 Å². The first-order chi connectivity index (χ1) is 20.0. The number of fused-ring (bicyclic) bond motifs is 5. The van der Waals surface area contributed by atoms with Gasteiger partial charge in [-0.3, -0.25) is 14.7 Å². The summed E-state index contributed by atoms with van der Waals surface area (Å²) >= 11 is 1.35. The third kappa shape index (κ3) is 5.11. The maximum absolute atomic E-state index is 13.5. The molecule has 1 aliphatic carbocycles. The van der Waals surface area contributed by atoms with Gasteiger partial charge >= 0.3 is 11.9 Å². The number of pyridine rings is 1. The number of ether oxygens (including phenoxy) is 2. The summed E-state index contributed by atoms with van der Waals surface area (Å²) in [4.78, 5) is 47.7. The predicted octanol–water partition coefficient (Wildman–Crippen LogP) is 5.41. The summed E-state index contributed by atoms with van der Waals surface area (Å²) in [6.07, 6.45) is 2.23. The van der Waals surface area contributed by atoms with Gasteiger partial charge in [-0.25, -0.2) is 9.59 Å². The molecule has 6 rings (SSSR count). The molecule has 210 valence electrons. The zero-order chi connectivity index (χ0) is 28.5. The van der Waals surface area contributed by atoms with Crippen LogP contribution in [0, 0.1) is 0 Å². The average Bonchev–Trinajstić information content (AvgIpc) is 3.36. The molecule has 0 spiro atoms. The predicted molar refractivity (Wildman–Crippen MR) is 158 cm³/mol. The second-order valence-electron chi connectivity index (χ2n) is 10.2. The Balaban J connectivity index is 1.26. The van der Waals surface area contributed by atoms with E-state index in [1.165, 1.54) is 16.9 Å². The number of aryl methyl sites for hydroxylation is 1. The number of nitrogens with one attached hydrogen (secondary N) is 1. The van der Waals surface area contributed by atoms with E-state index in [0.29, 0.717) is 34.5 Å². The van der Waals surface area contributed by atoms with E-state index < -0.39 is 24.5 Å². The number of benzene rings is 2. The van der Waals surface area contributed by atoms with E-state index in [9.17, 15) is 14.4 Å². The van der Waals surface area contributed by atoms with Gasteiger partial charge < -0.3 is 14.8 Å². The lowest BCUT2D eigenvalue weighted by molar-refractivity contribution is -0.119. The number of thiophene rings is 1. The number of likely N-dealkylation sites (N-methyl/N-ethyl adjacent to an activating group) is 1. The number of esters is 2. The SMILES string of the molecule is CCOC(=O)c1c(NC(=O)COC(=O)c2c3c(nc4ccccc24)CCN(CC)C3)sc2c1CCc1ccccc1-2.